The third-order valence-electron chi connectivity index (χ3n) is 3.78. The van der Waals surface area contributed by atoms with E-state index in [9.17, 15) is 14.7 Å². The molecule has 0 unspecified atom stereocenters. The molecule has 0 atom stereocenters. The van der Waals surface area contributed by atoms with Crippen LogP contribution in [0, 0.1) is 6.92 Å². The van der Waals surface area contributed by atoms with E-state index in [0.29, 0.717) is 18.8 Å². The molecular weight excluding hydrogens is 320 g/mol. The van der Waals surface area contributed by atoms with Crippen LogP contribution >= 0.6 is 0 Å². The second kappa shape index (κ2) is 8.23. The smallest absolute Gasteiger partial charge is 0.334 e. The minimum absolute atomic E-state index is 0.0393. The van der Waals surface area contributed by atoms with Crippen molar-refractivity contribution in [2.45, 2.75) is 39.8 Å². The van der Waals surface area contributed by atoms with Crippen molar-refractivity contribution >= 4 is 12.0 Å². The van der Waals surface area contributed by atoms with Gasteiger partial charge >= 0.3 is 5.69 Å². The van der Waals surface area contributed by atoms with E-state index >= 15 is 0 Å². The van der Waals surface area contributed by atoms with Crippen molar-refractivity contribution in [3.63, 3.8) is 0 Å². The van der Waals surface area contributed by atoms with Gasteiger partial charge < -0.3 is 5.11 Å². The lowest BCUT2D eigenvalue weighted by Gasteiger charge is -2.13. The second-order valence-electron chi connectivity index (χ2n) is 5.63. The van der Waals surface area contributed by atoms with Gasteiger partial charge in [0.25, 0.3) is 5.56 Å². The quantitative estimate of drug-likeness (QED) is 0.617. The number of unbranched alkanes of at least 4 members (excludes halogenated alkanes) is 1. The highest BCUT2D eigenvalue weighted by molar-refractivity contribution is 5.83. The second-order valence-corrected chi connectivity index (χ2v) is 5.63. The lowest BCUT2D eigenvalue weighted by atomic mass is 10.3. The van der Waals surface area contributed by atoms with Crippen LogP contribution in [0.2, 0.25) is 0 Å². The molecule has 7 nitrogen and oxygen atoms in total. The zero-order chi connectivity index (χ0) is 18.4. The Morgan fingerprint density at radius 3 is 2.76 bits per heavy atom. The summed E-state index contributed by atoms with van der Waals surface area (Å²) >= 11 is 0. The normalized spacial score (nSPS) is 11.1. The molecule has 2 rings (SSSR count). The number of hydrogen-bond acceptors (Lipinski definition) is 5. The molecule has 0 aliphatic rings. The number of aromatic nitrogens is 3. The predicted octanol–water partition coefficient (Wildman–Crippen LogP) is 2.16. The summed E-state index contributed by atoms with van der Waals surface area (Å²) in [6.45, 7) is 7.78. The number of aryl methyl sites for hydroxylation is 1. The van der Waals surface area contributed by atoms with E-state index in [1.54, 1.807) is 12.3 Å². The number of allylic oxidation sites excluding steroid dienone is 1. The number of hydrogen-bond donors (Lipinski definition) is 1. The van der Waals surface area contributed by atoms with E-state index in [-0.39, 0.29) is 18.0 Å². The molecule has 0 aromatic carbocycles. The van der Waals surface area contributed by atoms with Crippen molar-refractivity contribution in [2.24, 2.45) is 4.99 Å². The minimum atomic E-state index is -0.604. The van der Waals surface area contributed by atoms with Crippen LogP contribution in [0.1, 0.15) is 30.9 Å². The summed E-state index contributed by atoms with van der Waals surface area (Å²) in [6.07, 6.45) is 5.87. The standard InChI is InChI=1S/C18H22N4O3/c1-4-6-11-22-17(24)14(16(23)21(10-5-2)18(22)25)12-20-15-13(3)8-7-9-19-15/h5,7-9,12,24H,2,4,6,10-11H2,1,3H3/b20-12+. The largest absolute Gasteiger partial charge is 0.494 e. The molecule has 2 heterocycles. The van der Waals surface area contributed by atoms with Crippen LogP contribution in [0.15, 0.2) is 45.6 Å². The van der Waals surface area contributed by atoms with Crippen molar-refractivity contribution < 1.29 is 5.11 Å². The van der Waals surface area contributed by atoms with E-state index in [0.717, 1.165) is 16.6 Å². The molecule has 2 aromatic heterocycles. The molecule has 2 aromatic rings. The molecule has 0 saturated carbocycles. The van der Waals surface area contributed by atoms with Crippen molar-refractivity contribution in [1.29, 1.82) is 0 Å². The highest BCUT2D eigenvalue weighted by atomic mass is 16.3. The van der Waals surface area contributed by atoms with E-state index in [1.807, 2.05) is 19.9 Å². The van der Waals surface area contributed by atoms with E-state index < -0.39 is 11.2 Å². The van der Waals surface area contributed by atoms with Crippen molar-refractivity contribution in [1.82, 2.24) is 14.1 Å². The maximum absolute atomic E-state index is 12.6. The first-order valence-electron chi connectivity index (χ1n) is 8.14. The number of pyridine rings is 1. The molecule has 0 amide bonds. The van der Waals surface area contributed by atoms with Crippen LogP contribution in [-0.4, -0.2) is 25.4 Å². The molecule has 0 radical (unpaired) electrons. The fraction of sp³-hybridized carbons (Fsp3) is 0.333. The number of aromatic hydroxyl groups is 1. The van der Waals surface area contributed by atoms with Gasteiger partial charge in [0.2, 0.25) is 5.88 Å². The molecule has 0 bridgehead atoms. The fourth-order valence-corrected chi connectivity index (χ4v) is 2.37. The monoisotopic (exact) mass is 342 g/mol. The minimum Gasteiger partial charge on any atom is -0.494 e. The third kappa shape index (κ3) is 3.93. The summed E-state index contributed by atoms with van der Waals surface area (Å²) in [5.41, 5.74) is -0.360. The molecule has 7 heteroatoms. The Hall–Kier alpha value is -2.96. The lowest BCUT2D eigenvalue weighted by Crippen LogP contribution is -2.41. The molecule has 0 aliphatic carbocycles. The van der Waals surface area contributed by atoms with Gasteiger partial charge in [0.05, 0.1) is 0 Å². The SMILES string of the molecule is C=CCn1c(=O)c(/C=N/c2ncccc2C)c(O)n(CCCC)c1=O. The Bertz CT molecular complexity index is 910. The van der Waals surface area contributed by atoms with E-state index in [2.05, 4.69) is 16.6 Å². The van der Waals surface area contributed by atoms with E-state index in [1.165, 1.54) is 16.9 Å². The molecule has 1 N–H and O–H groups in total. The van der Waals surface area contributed by atoms with Gasteiger partial charge in [-0.3, -0.25) is 13.9 Å². The van der Waals surface area contributed by atoms with Crippen molar-refractivity contribution in [3.8, 4) is 5.88 Å². The van der Waals surface area contributed by atoms with Crippen LogP contribution < -0.4 is 11.2 Å². The van der Waals surface area contributed by atoms with Crippen LogP contribution in [-0.2, 0) is 13.1 Å². The Morgan fingerprint density at radius 2 is 2.12 bits per heavy atom. The number of aliphatic imine (C=N–C) groups is 1. The Balaban J connectivity index is 2.61. The van der Waals surface area contributed by atoms with Gasteiger partial charge in [-0.2, -0.15) is 0 Å². The van der Waals surface area contributed by atoms with Gasteiger partial charge in [-0.15, -0.1) is 6.58 Å². The van der Waals surface area contributed by atoms with E-state index in [4.69, 9.17) is 0 Å². The van der Waals surface area contributed by atoms with Gasteiger partial charge in [0.15, 0.2) is 5.82 Å². The highest BCUT2D eigenvalue weighted by Crippen LogP contribution is 2.15. The summed E-state index contributed by atoms with van der Waals surface area (Å²) in [4.78, 5) is 33.3. The summed E-state index contributed by atoms with van der Waals surface area (Å²) in [5, 5.41) is 10.4. The topological polar surface area (TPSA) is 89.5 Å². The maximum atomic E-state index is 12.6. The van der Waals surface area contributed by atoms with Gasteiger partial charge in [0.1, 0.15) is 5.56 Å². The maximum Gasteiger partial charge on any atom is 0.334 e. The Morgan fingerprint density at radius 1 is 1.36 bits per heavy atom. The van der Waals surface area contributed by atoms with Gasteiger partial charge in [-0.25, -0.2) is 14.8 Å². The van der Waals surface area contributed by atoms with Crippen LogP contribution in [0.4, 0.5) is 5.82 Å². The molecular formula is C18H22N4O3. The number of rotatable bonds is 7. The first kappa shape index (κ1) is 18.4. The highest BCUT2D eigenvalue weighted by Gasteiger charge is 2.16. The molecule has 0 fully saturated rings. The van der Waals surface area contributed by atoms with Crippen LogP contribution in [0.3, 0.4) is 0 Å². The van der Waals surface area contributed by atoms with Gasteiger partial charge in [-0.1, -0.05) is 25.5 Å². The summed E-state index contributed by atoms with van der Waals surface area (Å²) in [5.74, 6) is 0.0731. The zero-order valence-corrected chi connectivity index (χ0v) is 14.5. The molecule has 0 aliphatic heterocycles. The van der Waals surface area contributed by atoms with Crippen molar-refractivity contribution in [3.05, 3.63) is 62.9 Å². The molecule has 25 heavy (non-hydrogen) atoms. The third-order valence-corrected chi connectivity index (χ3v) is 3.78. The summed E-state index contributed by atoms with van der Waals surface area (Å²) < 4.78 is 2.23. The average molecular weight is 342 g/mol. The Kier molecular flexibility index (Phi) is 6.05. The van der Waals surface area contributed by atoms with Crippen molar-refractivity contribution in [2.75, 3.05) is 0 Å². The first-order chi connectivity index (χ1) is 12.0. The van der Waals surface area contributed by atoms with Gasteiger partial charge in [0, 0.05) is 25.5 Å². The molecule has 132 valence electrons. The Labute approximate surface area is 145 Å². The fourth-order valence-electron chi connectivity index (χ4n) is 2.37. The molecule has 0 saturated heterocycles. The lowest BCUT2D eigenvalue weighted by molar-refractivity contribution is 0.385. The van der Waals surface area contributed by atoms with Gasteiger partial charge in [-0.05, 0) is 25.0 Å². The number of nitrogens with zero attached hydrogens (tertiary/aromatic N) is 4. The first-order valence-corrected chi connectivity index (χ1v) is 8.14. The predicted molar refractivity (Wildman–Crippen MR) is 98.0 cm³/mol. The summed E-state index contributed by atoms with van der Waals surface area (Å²) in [7, 11) is 0. The molecule has 0 spiro atoms. The zero-order valence-electron chi connectivity index (χ0n) is 14.5. The average Bonchev–Trinajstić information content (AvgIpc) is 2.60. The van der Waals surface area contributed by atoms with Crippen LogP contribution in [0.25, 0.3) is 0 Å². The summed E-state index contributed by atoms with van der Waals surface area (Å²) in [6, 6.07) is 3.63. The van der Waals surface area contributed by atoms with Crippen LogP contribution in [0.5, 0.6) is 5.88 Å².